The van der Waals surface area contributed by atoms with Crippen molar-refractivity contribution in [3.8, 4) is 0 Å². The summed E-state index contributed by atoms with van der Waals surface area (Å²) in [6, 6.07) is 1.69. The van der Waals surface area contributed by atoms with Crippen molar-refractivity contribution >= 4 is 72.8 Å². The summed E-state index contributed by atoms with van der Waals surface area (Å²) in [4.78, 5) is 37.0. The van der Waals surface area contributed by atoms with Gasteiger partial charge < -0.3 is 14.4 Å². The van der Waals surface area contributed by atoms with E-state index in [0.717, 1.165) is 8.26 Å². The molecule has 0 N–H and O–H groups in total. The Morgan fingerprint density at radius 2 is 2.17 bits per heavy atom. The number of nitrogens with zero attached hydrogens (tertiary/aromatic N) is 1. The van der Waals surface area contributed by atoms with E-state index in [1.54, 1.807) is 6.07 Å². The van der Waals surface area contributed by atoms with Crippen molar-refractivity contribution in [2.45, 2.75) is 6.42 Å². The molecule has 0 aromatic carbocycles. The lowest BCUT2D eigenvalue weighted by Gasteiger charge is -2.16. The third-order valence-electron chi connectivity index (χ3n) is 2.96. The molecule has 0 unspecified atom stereocenters. The number of thioether (sulfide) groups is 1. The zero-order chi connectivity index (χ0) is 17.7. The van der Waals surface area contributed by atoms with Crippen LogP contribution < -0.4 is 0 Å². The van der Waals surface area contributed by atoms with Crippen molar-refractivity contribution in [1.29, 1.82) is 0 Å². The van der Waals surface area contributed by atoms with Crippen LogP contribution in [0.15, 0.2) is 25.4 Å². The maximum absolute atomic E-state index is 11.9. The molecule has 1 aromatic heterocycles. The number of methoxy groups -OCH3 is 1. The van der Waals surface area contributed by atoms with E-state index in [-0.39, 0.29) is 12.5 Å². The molecule has 0 saturated carbocycles. The van der Waals surface area contributed by atoms with E-state index < -0.39 is 11.9 Å². The Labute approximate surface area is 163 Å². The molecule has 2 rings (SSSR count). The van der Waals surface area contributed by atoms with Gasteiger partial charge >= 0.3 is 11.9 Å². The number of carbonyl (C=O) groups is 3. The number of thiophene rings is 1. The molecular formula is C14H13Br2NO5S2. The molecule has 24 heavy (non-hydrogen) atoms. The molecule has 2 heterocycles. The van der Waals surface area contributed by atoms with Crippen LogP contribution in [-0.4, -0.2) is 48.8 Å². The molecule has 1 amide bonds. The Morgan fingerprint density at radius 1 is 1.42 bits per heavy atom. The highest BCUT2D eigenvalue weighted by molar-refractivity contribution is 9.13. The smallest absolute Gasteiger partial charge is 0.348 e. The molecule has 0 spiro atoms. The van der Waals surface area contributed by atoms with Crippen molar-refractivity contribution in [2.75, 3.05) is 26.0 Å². The normalized spacial score (nSPS) is 15.9. The van der Waals surface area contributed by atoms with Gasteiger partial charge in [-0.3, -0.25) is 4.79 Å². The average molecular weight is 499 g/mol. The summed E-state index contributed by atoms with van der Waals surface area (Å²) in [6.07, 6.45) is 1.77. The predicted octanol–water partition coefficient (Wildman–Crippen LogP) is 3.41. The van der Waals surface area contributed by atoms with Crippen LogP contribution in [0.2, 0.25) is 0 Å². The molecule has 0 radical (unpaired) electrons. The third kappa shape index (κ3) is 5.08. The van der Waals surface area contributed by atoms with Crippen molar-refractivity contribution in [3.05, 3.63) is 30.3 Å². The highest BCUT2D eigenvalue weighted by Gasteiger charge is 2.27. The first-order chi connectivity index (χ1) is 11.4. The van der Waals surface area contributed by atoms with Gasteiger partial charge in [-0.15, -0.1) is 11.3 Å². The fourth-order valence-electron chi connectivity index (χ4n) is 1.83. The first-order valence-corrected chi connectivity index (χ1v) is 10.2. The van der Waals surface area contributed by atoms with E-state index in [1.165, 1.54) is 41.2 Å². The summed E-state index contributed by atoms with van der Waals surface area (Å²) in [5.74, 6) is -0.691. The first kappa shape index (κ1) is 19.5. The molecule has 0 aliphatic carbocycles. The lowest BCUT2D eigenvalue weighted by atomic mass is 10.4. The fourth-order valence-corrected chi connectivity index (χ4v) is 4.72. The lowest BCUT2D eigenvalue weighted by Crippen LogP contribution is -2.27. The number of carbonyl (C=O) groups excluding carboxylic acids is 3. The van der Waals surface area contributed by atoms with Crippen molar-refractivity contribution < 1.29 is 23.9 Å². The molecule has 130 valence electrons. The molecular weight excluding hydrogens is 486 g/mol. The van der Waals surface area contributed by atoms with Gasteiger partial charge in [0.25, 0.3) is 0 Å². The summed E-state index contributed by atoms with van der Waals surface area (Å²) >= 11 is 9.21. The number of hydrogen-bond donors (Lipinski definition) is 0. The molecule has 1 aliphatic rings. The minimum absolute atomic E-state index is 0.0763. The average Bonchev–Trinajstić information content (AvgIpc) is 3.07. The van der Waals surface area contributed by atoms with Crippen LogP contribution in [-0.2, 0) is 19.1 Å². The van der Waals surface area contributed by atoms with E-state index in [9.17, 15) is 14.4 Å². The van der Waals surface area contributed by atoms with E-state index in [1.807, 2.05) is 0 Å². The van der Waals surface area contributed by atoms with E-state index in [4.69, 9.17) is 4.74 Å². The zero-order valence-electron chi connectivity index (χ0n) is 12.5. The Balaban J connectivity index is 1.82. The molecule has 1 saturated heterocycles. The molecule has 0 atom stereocenters. The molecule has 1 aliphatic heterocycles. The quantitative estimate of drug-likeness (QED) is 0.340. The summed E-state index contributed by atoms with van der Waals surface area (Å²) in [5, 5.41) is 0.560. The minimum atomic E-state index is -0.502. The van der Waals surface area contributed by atoms with E-state index >= 15 is 0 Å². The molecule has 10 heteroatoms. The summed E-state index contributed by atoms with van der Waals surface area (Å²) in [7, 11) is 1.28. The largest absolute Gasteiger partial charge is 0.466 e. The summed E-state index contributed by atoms with van der Waals surface area (Å²) < 4.78 is 11.4. The monoisotopic (exact) mass is 497 g/mol. The highest BCUT2D eigenvalue weighted by atomic mass is 79.9. The van der Waals surface area contributed by atoms with Gasteiger partial charge in [0.05, 0.1) is 34.4 Å². The highest BCUT2D eigenvalue weighted by Crippen LogP contribution is 2.33. The van der Waals surface area contributed by atoms with Gasteiger partial charge in [0.2, 0.25) is 5.91 Å². The molecule has 0 bridgehead atoms. The Morgan fingerprint density at radius 3 is 2.79 bits per heavy atom. The number of amides is 1. The fraction of sp³-hybridized carbons (Fsp3) is 0.357. The minimum Gasteiger partial charge on any atom is -0.466 e. The van der Waals surface area contributed by atoms with Gasteiger partial charge in [0, 0.05) is 11.0 Å². The molecule has 1 aromatic rings. The summed E-state index contributed by atoms with van der Waals surface area (Å²) in [5.41, 5.74) is 0. The Kier molecular flexibility index (Phi) is 7.33. The van der Waals surface area contributed by atoms with Gasteiger partial charge in [-0.05, 0) is 44.3 Å². The van der Waals surface area contributed by atoms with E-state index in [0.29, 0.717) is 28.6 Å². The molecule has 6 nitrogen and oxygen atoms in total. The Bertz CT molecular complexity index is 669. The standard InChI is InChI=1S/C14H13Br2NO5S2/c1-21-12(19)6-11-17(10(18)7-23-11)3-2-4-22-14(20)9-5-8(15)13(16)24-9/h5-6H,2-4,7H2,1H3/b11-6+. The number of halogens is 2. The predicted molar refractivity (Wildman–Crippen MR) is 98.9 cm³/mol. The number of esters is 2. The van der Waals surface area contributed by atoms with Crippen LogP contribution in [0.5, 0.6) is 0 Å². The van der Waals surface area contributed by atoms with Crippen LogP contribution in [0.25, 0.3) is 0 Å². The van der Waals surface area contributed by atoms with Crippen molar-refractivity contribution in [1.82, 2.24) is 4.90 Å². The van der Waals surface area contributed by atoms with Crippen LogP contribution in [0.4, 0.5) is 0 Å². The number of hydrogen-bond acceptors (Lipinski definition) is 7. The van der Waals surface area contributed by atoms with Gasteiger partial charge in [-0.2, -0.15) is 0 Å². The van der Waals surface area contributed by atoms with Gasteiger partial charge in [-0.25, -0.2) is 9.59 Å². The van der Waals surface area contributed by atoms with Crippen LogP contribution in [0.3, 0.4) is 0 Å². The van der Waals surface area contributed by atoms with Crippen LogP contribution in [0.1, 0.15) is 16.1 Å². The van der Waals surface area contributed by atoms with Crippen LogP contribution in [0, 0.1) is 0 Å². The van der Waals surface area contributed by atoms with Gasteiger partial charge in [0.1, 0.15) is 4.88 Å². The second-order valence-electron chi connectivity index (χ2n) is 4.56. The van der Waals surface area contributed by atoms with Gasteiger partial charge in [-0.1, -0.05) is 11.8 Å². The zero-order valence-corrected chi connectivity index (χ0v) is 17.3. The van der Waals surface area contributed by atoms with Gasteiger partial charge in [0.15, 0.2) is 0 Å². The maximum Gasteiger partial charge on any atom is 0.348 e. The summed E-state index contributed by atoms with van der Waals surface area (Å²) in [6.45, 7) is 0.561. The topological polar surface area (TPSA) is 72.9 Å². The second kappa shape index (κ2) is 9.02. The lowest BCUT2D eigenvalue weighted by molar-refractivity contribution is -0.134. The van der Waals surface area contributed by atoms with Crippen molar-refractivity contribution in [2.24, 2.45) is 0 Å². The van der Waals surface area contributed by atoms with E-state index in [2.05, 4.69) is 36.6 Å². The number of rotatable bonds is 6. The second-order valence-corrected chi connectivity index (χ2v) is 8.78. The molecule has 1 fully saturated rings. The van der Waals surface area contributed by atoms with Crippen LogP contribution >= 0.6 is 55.0 Å². The third-order valence-corrected chi connectivity index (χ3v) is 7.22. The maximum atomic E-state index is 11.9. The first-order valence-electron chi connectivity index (χ1n) is 6.77. The Hall–Kier alpha value is -0.840. The van der Waals surface area contributed by atoms with Crippen molar-refractivity contribution in [3.63, 3.8) is 0 Å². The SMILES string of the molecule is COC(=O)/C=C1/SCC(=O)N1CCCOC(=O)c1cc(Br)c(Br)s1. The number of ether oxygens (including phenoxy) is 2.